The fourth-order valence-corrected chi connectivity index (χ4v) is 5.65. The second-order valence-electron chi connectivity index (χ2n) is 13.4. The van der Waals surface area contributed by atoms with Crippen LogP contribution < -0.4 is 42.8 Å². The van der Waals surface area contributed by atoms with Gasteiger partial charge in [-0.2, -0.15) is 4.99 Å². The minimum absolute atomic E-state index is 0.101. The zero-order valence-electron chi connectivity index (χ0n) is 34.9. The zero-order chi connectivity index (χ0) is 43.9. The number of rotatable bonds is 30. The molecule has 0 aliphatic rings. The van der Waals surface area contributed by atoms with E-state index in [1.807, 2.05) is 36.4 Å². The van der Waals surface area contributed by atoms with Crippen LogP contribution in [0.2, 0.25) is 0 Å². The van der Waals surface area contributed by atoms with E-state index in [1.54, 1.807) is 37.3 Å². The zero-order valence-corrected chi connectivity index (χ0v) is 34.9. The molecule has 5 amide bonds. The number of carbonyl (C=O) groups is 4. The van der Waals surface area contributed by atoms with Gasteiger partial charge in [-0.3, -0.25) is 14.4 Å². The molecule has 18 heteroatoms. The van der Waals surface area contributed by atoms with Crippen molar-refractivity contribution in [3.8, 4) is 11.5 Å². The summed E-state index contributed by atoms with van der Waals surface area (Å²) < 4.78 is 27.8. The number of benzene rings is 3. The third-order valence-electron chi connectivity index (χ3n) is 8.74. The largest absolute Gasteiger partial charge is 0.508 e. The quantitative estimate of drug-likeness (QED) is 0.0270. The van der Waals surface area contributed by atoms with Gasteiger partial charge in [-0.05, 0) is 53.8 Å². The molecule has 0 spiro atoms. The normalized spacial score (nSPS) is 12.2. The van der Waals surface area contributed by atoms with E-state index in [1.165, 1.54) is 12.1 Å². The van der Waals surface area contributed by atoms with Crippen molar-refractivity contribution in [2.45, 2.75) is 44.7 Å². The van der Waals surface area contributed by atoms with Crippen molar-refractivity contribution >= 4 is 29.7 Å². The van der Waals surface area contributed by atoms with Crippen LogP contribution in [-0.2, 0) is 39.9 Å². The van der Waals surface area contributed by atoms with Crippen molar-refractivity contribution in [3.05, 3.63) is 95.6 Å². The van der Waals surface area contributed by atoms with Gasteiger partial charge in [0, 0.05) is 39.1 Å². The van der Waals surface area contributed by atoms with Crippen molar-refractivity contribution in [3.63, 3.8) is 0 Å². The van der Waals surface area contributed by atoms with Crippen LogP contribution in [0.3, 0.4) is 0 Å². The maximum atomic E-state index is 14.3. The van der Waals surface area contributed by atoms with E-state index in [2.05, 4.69) is 31.6 Å². The number of phenols is 1. The molecule has 3 aromatic rings. The van der Waals surface area contributed by atoms with Gasteiger partial charge in [0.25, 0.3) is 0 Å². The van der Waals surface area contributed by atoms with Crippen molar-refractivity contribution in [1.82, 2.24) is 26.6 Å². The molecule has 0 heterocycles. The highest BCUT2D eigenvalue weighted by atomic mass is 16.6. The lowest BCUT2D eigenvalue weighted by atomic mass is 9.90. The van der Waals surface area contributed by atoms with E-state index in [4.69, 9.17) is 35.2 Å². The standard InChI is InChI=1S/C43H62N8O10/c1-2-38(53)46-19-20-48-43(56)51-42(45)47-18-7-12-37(40(54)49-31-32-13-15-35(52)16-14-32)50-41(55)39(33-8-4-3-5-9-33)34-10-6-11-36(30-34)61-29-28-60-27-26-59-25-24-58-23-22-57-21-17-44/h3-6,8-11,13-16,30,37,39,52H,2,7,12,17-29,31,44H2,1H3,(H,46,53)(H,49,54)(H,50,55)(H4,45,47,48,51,56)/t37-,39?/m1/s1. The van der Waals surface area contributed by atoms with Crippen LogP contribution in [0.15, 0.2) is 83.9 Å². The number of aliphatic imine (C=N–C) groups is 1. The predicted molar refractivity (Wildman–Crippen MR) is 230 cm³/mol. The summed E-state index contributed by atoms with van der Waals surface area (Å²) in [4.78, 5) is 55.2. The van der Waals surface area contributed by atoms with Crippen LogP contribution in [0.5, 0.6) is 11.5 Å². The molecule has 0 fully saturated rings. The molecule has 0 bridgehead atoms. The van der Waals surface area contributed by atoms with Crippen molar-refractivity contribution in [2.75, 3.05) is 85.6 Å². The minimum Gasteiger partial charge on any atom is -0.508 e. The Bertz CT molecular complexity index is 1750. The minimum atomic E-state index is -0.952. The molecule has 0 saturated heterocycles. The smallest absolute Gasteiger partial charge is 0.344 e. The number of ether oxygens (including phenoxy) is 5. The van der Waals surface area contributed by atoms with Gasteiger partial charge in [0.2, 0.25) is 17.7 Å². The number of aromatic hydroxyl groups is 1. The first-order valence-corrected chi connectivity index (χ1v) is 20.5. The molecule has 0 radical (unpaired) electrons. The van der Waals surface area contributed by atoms with Crippen LogP contribution in [0, 0.1) is 0 Å². The Morgan fingerprint density at radius 1 is 0.689 bits per heavy atom. The highest BCUT2D eigenvalue weighted by molar-refractivity contribution is 5.93. The Morgan fingerprint density at radius 3 is 1.97 bits per heavy atom. The SMILES string of the molecule is CCC(=O)NCCNC(=O)/N=C(/N)NCCC[C@@H](NC(=O)C(c1ccccc1)c1cccc(OCCOCCOCCOCCOCCN)c1)C(=O)NCc1ccc(O)cc1. The molecule has 0 aliphatic carbocycles. The molecule has 0 aromatic heterocycles. The second kappa shape index (κ2) is 30.3. The van der Waals surface area contributed by atoms with E-state index < -0.39 is 29.8 Å². The molecular weight excluding hydrogens is 789 g/mol. The highest BCUT2D eigenvalue weighted by Gasteiger charge is 2.28. The number of guanidine groups is 1. The molecule has 3 rings (SSSR count). The lowest BCUT2D eigenvalue weighted by Crippen LogP contribution is -2.48. The number of carbonyl (C=O) groups excluding carboxylic acids is 4. The monoisotopic (exact) mass is 850 g/mol. The third-order valence-corrected chi connectivity index (χ3v) is 8.74. The van der Waals surface area contributed by atoms with E-state index in [-0.39, 0.29) is 56.8 Å². The van der Waals surface area contributed by atoms with E-state index in [9.17, 15) is 24.3 Å². The molecule has 61 heavy (non-hydrogen) atoms. The summed E-state index contributed by atoms with van der Waals surface area (Å²) in [5.74, 6) is -1.21. The third kappa shape index (κ3) is 21.3. The lowest BCUT2D eigenvalue weighted by molar-refractivity contribution is -0.129. The van der Waals surface area contributed by atoms with Gasteiger partial charge in [-0.1, -0.05) is 61.5 Å². The maximum absolute atomic E-state index is 14.3. The van der Waals surface area contributed by atoms with Crippen molar-refractivity contribution in [2.24, 2.45) is 16.5 Å². The number of urea groups is 1. The molecule has 0 aliphatic heterocycles. The first kappa shape index (κ1) is 49.6. The van der Waals surface area contributed by atoms with Gasteiger partial charge in [0.15, 0.2) is 5.96 Å². The summed E-state index contributed by atoms with van der Waals surface area (Å²) >= 11 is 0. The molecule has 3 aromatic carbocycles. The fourth-order valence-electron chi connectivity index (χ4n) is 5.65. The number of phenolic OH excluding ortho intramolecular Hbond substituents is 1. The summed E-state index contributed by atoms with van der Waals surface area (Å²) in [6.07, 6.45) is 0.920. The molecule has 2 atom stereocenters. The van der Waals surface area contributed by atoms with Crippen LogP contribution >= 0.6 is 0 Å². The maximum Gasteiger partial charge on any atom is 0.344 e. The molecule has 18 nitrogen and oxygen atoms in total. The Kier molecular flexibility index (Phi) is 24.6. The molecular formula is C43H62N8O10. The van der Waals surface area contributed by atoms with Gasteiger partial charge < -0.3 is 66.8 Å². The molecule has 334 valence electrons. The molecule has 1 unspecified atom stereocenters. The summed E-state index contributed by atoms with van der Waals surface area (Å²) in [7, 11) is 0. The number of nitrogens with zero attached hydrogens (tertiary/aromatic N) is 1. The number of hydrogen-bond donors (Lipinski definition) is 8. The first-order chi connectivity index (χ1) is 29.7. The van der Waals surface area contributed by atoms with Gasteiger partial charge in [0.05, 0.1) is 58.8 Å². The van der Waals surface area contributed by atoms with Crippen LogP contribution in [0.1, 0.15) is 48.8 Å². The second-order valence-corrected chi connectivity index (χ2v) is 13.4. The van der Waals surface area contributed by atoms with Crippen LogP contribution in [0.4, 0.5) is 4.79 Å². The van der Waals surface area contributed by atoms with Crippen LogP contribution in [0.25, 0.3) is 0 Å². The lowest BCUT2D eigenvalue weighted by Gasteiger charge is -2.24. The Morgan fingerprint density at radius 2 is 1.31 bits per heavy atom. The van der Waals surface area contributed by atoms with Crippen molar-refractivity contribution < 1.29 is 48.0 Å². The first-order valence-electron chi connectivity index (χ1n) is 20.5. The summed E-state index contributed by atoms with van der Waals surface area (Å²) in [6.45, 7) is 6.84. The van der Waals surface area contributed by atoms with Crippen molar-refractivity contribution in [1.29, 1.82) is 0 Å². The average Bonchev–Trinajstić information content (AvgIpc) is 3.26. The van der Waals surface area contributed by atoms with Crippen LogP contribution in [-0.4, -0.2) is 127 Å². The van der Waals surface area contributed by atoms with Gasteiger partial charge in [-0.15, -0.1) is 0 Å². The molecule has 0 saturated carbocycles. The van der Waals surface area contributed by atoms with Gasteiger partial charge >= 0.3 is 6.03 Å². The Labute approximate surface area is 357 Å². The number of nitrogens with one attached hydrogen (secondary N) is 5. The summed E-state index contributed by atoms with van der Waals surface area (Å²) in [6, 6.07) is 21.3. The molecule has 10 N–H and O–H groups in total. The Hall–Kier alpha value is -5.79. The fraction of sp³-hybridized carbons (Fsp3) is 0.465. The number of nitrogens with two attached hydrogens (primary N) is 2. The van der Waals surface area contributed by atoms with Gasteiger partial charge in [-0.25, -0.2) is 4.79 Å². The Balaban J connectivity index is 1.59. The van der Waals surface area contributed by atoms with E-state index in [0.29, 0.717) is 89.1 Å². The highest BCUT2D eigenvalue weighted by Crippen LogP contribution is 2.28. The number of hydrogen-bond acceptors (Lipinski definition) is 11. The topological polar surface area (TPSA) is 259 Å². The average molecular weight is 851 g/mol. The number of amides is 5. The van der Waals surface area contributed by atoms with Gasteiger partial charge in [0.1, 0.15) is 24.1 Å². The van der Waals surface area contributed by atoms with E-state index >= 15 is 0 Å². The summed E-state index contributed by atoms with van der Waals surface area (Å²) in [5.41, 5.74) is 13.4. The summed E-state index contributed by atoms with van der Waals surface area (Å²) in [5, 5.41) is 23.6. The predicted octanol–water partition coefficient (Wildman–Crippen LogP) is 1.65. The van der Waals surface area contributed by atoms with E-state index in [0.717, 1.165) is 5.56 Å².